The van der Waals surface area contributed by atoms with Crippen molar-refractivity contribution >= 4 is 5.97 Å². The van der Waals surface area contributed by atoms with Gasteiger partial charge >= 0.3 is 5.97 Å². The Morgan fingerprint density at radius 2 is 2.09 bits per heavy atom. The molecule has 0 amide bonds. The standard InChI is InChI=1S/C16H20N4O3/c1-12(20-6-8-22-9-7-20)10-23-16(21)14-4-2-13(3-5-14)15-17-11-18-19-15/h2-5,11-12H,6-10H2,1H3,(H,17,18,19)/t12-/m0/s1. The van der Waals surface area contributed by atoms with Crippen molar-refractivity contribution in [2.24, 2.45) is 0 Å². The molecule has 7 heteroatoms. The van der Waals surface area contributed by atoms with Crippen LogP contribution in [0.1, 0.15) is 17.3 Å². The molecule has 2 heterocycles. The maximum atomic E-state index is 12.1. The summed E-state index contributed by atoms with van der Waals surface area (Å²) in [5.41, 5.74) is 1.41. The Bertz CT molecular complexity index is 621. The van der Waals surface area contributed by atoms with Crippen LogP contribution < -0.4 is 0 Å². The fourth-order valence-corrected chi connectivity index (χ4v) is 2.51. The van der Waals surface area contributed by atoms with E-state index in [4.69, 9.17) is 9.47 Å². The highest BCUT2D eigenvalue weighted by Gasteiger charge is 2.18. The number of ether oxygens (including phenoxy) is 2. The number of benzene rings is 1. The summed E-state index contributed by atoms with van der Waals surface area (Å²) in [6, 6.07) is 7.31. The van der Waals surface area contributed by atoms with E-state index in [1.165, 1.54) is 6.33 Å². The molecule has 0 unspecified atom stereocenters. The fourth-order valence-electron chi connectivity index (χ4n) is 2.51. The maximum Gasteiger partial charge on any atom is 0.338 e. The van der Waals surface area contributed by atoms with Crippen molar-refractivity contribution in [1.29, 1.82) is 0 Å². The number of carbonyl (C=O) groups excluding carboxylic acids is 1. The zero-order valence-corrected chi connectivity index (χ0v) is 13.1. The number of nitrogens with one attached hydrogen (secondary N) is 1. The number of esters is 1. The van der Waals surface area contributed by atoms with Crippen molar-refractivity contribution in [3.8, 4) is 11.4 Å². The molecule has 1 aromatic heterocycles. The maximum absolute atomic E-state index is 12.1. The van der Waals surface area contributed by atoms with Gasteiger partial charge in [-0.3, -0.25) is 10.00 Å². The first-order valence-corrected chi connectivity index (χ1v) is 7.69. The first kappa shape index (κ1) is 15.6. The van der Waals surface area contributed by atoms with Crippen molar-refractivity contribution < 1.29 is 14.3 Å². The second-order valence-electron chi connectivity index (χ2n) is 5.51. The number of hydrogen-bond donors (Lipinski definition) is 1. The summed E-state index contributed by atoms with van der Waals surface area (Å²) < 4.78 is 10.7. The second kappa shape index (κ2) is 7.34. The molecule has 0 saturated carbocycles. The van der Waals surface area contributed by atoms with E-state index in [0.717, 1.165) is 31.9 Å². The Morgan fingerprint density at radius 3 is 2.74 bits per heavy atom. The third-order valence-corrected chi connectivity index (χ3v) is 3.93. The van der Waals surface area contributed by atoms with Gasteiger partial charge in [-0.2, -0.15) is 5.10 Å². The zero-order valence-electron chi connectivity index (χ0n) is 13.1. The summed E-state index contributed by atoms with van der Waals surface area (Å²) in [5, 5.41) is 6.59. The van der Waals surface area contributed by atoms with Crippen LogP contribution in [0.25, 0.3) is 11.4 Å². The molecule has 1 aliphatic rings. The Balaban J connectivity index is 1.53. The number of aromatic nitrogens is 3. The normalized spacial score (nSPS) is 16.9. The molecule has 3 rings (SSSR count). The number of rotatable bonds is 5. The van der Waals surface area contributed by atoms with Crippen molar-refractivity contribution in [3.05, 3.63) is 36.2 Å². The summed E-state index contributed by atoms with van der Waals surface area (Å²) >= 11 is 0. The SMILES string of the molecule is C[C@@H](COC(=O)c1ccc(-c2ncn[nH]2)cc1)N1CCOCC1. The minimum Gasteiger partial charge on any atom is -0.460 e. The minimum absolute atomic E-state index is 0.191. The molecule has 1 saturated heterocycles. The largest absolute Gasteiger partial charge is 0.460 e. The average molecular weight is 316 g/mol. The van der Waals surface area contributed by atoms with Crippen LogP contribution in [0.15, 0.2) is 30.6 Å². The fraction of sp³-hybridized carbons (Fsp3) is 0.438. The molecule has 0 aliphatic carbocycles. The summed E-state index contributed by atoms with van der Waals surface area (Å²) in [5.74, 6) is 0.361. The van der Waals surface area contributed by atoms with Gasteiger partial charge in [-0.05, 0) is 19.1 Å². The lowest BCUT2D eigenvalue weighted by Gasteiger charge is -2.31. The quantitative estimate of drug-likeness (QED) is 0.839. The number of nitrogens with zero attached hydrogens (tertiary/aromatic N) is 3. The van der Waals surface area contributed by atoms with E-state index < -0.39 is 0 Å². The number of hydrogen-bond acceptors (Lipinski definition) is 6. The van der Waals surface area contributed by atoms with E-state index in [1.54, 1.807) is 12.1 Å². The zero-order chi connectivity index (χ0) is 16.1. The van der Waals surface area contributed by atoms with Crippen LogP contribution in [0.2, 0.25) is 0 Å². The third kappa shape index (κ3) is 3.94. The minimum atomic E-state index is -0.311. The van der Waals surface area contributed by atoms with Gasteiger partial charge in [-0.1, -0.05) is 12.1 Å². The van der Waals surface area contributed by atoms with Gasteiger partial charge in [0.2, 0.25) is 0 Å². The van der Waals surface area contributed by atoms with Gasteiger partial charge in [0.1, 0.15) is 12.9 Å². The van der Waals surface area contributed by atoms with Crippen LogP contribution in [0.4, 0.5) is 0 Å². The van der Waals surface area contributed by atoms with Gasteiger partial charge in [-0.25, -0.2) is 9.78 Å². The Labute approximate surface area is 134 Å². The van der Waals surface area contributed by atoms with Crippen molar-refractivity contribution in [2.75, 3.05) is 32.9 Å². The lowest BCUT2D eigenvalue weighted by atomic mass is 10.1. The molecule has 0 spiro atoms. The highest BCUT2D eigenvalue weighted by atomic mass is 16.5. The van der Waals surface area contributed by atoms with Crippen LogP contribution in [-0.4, -0.2) is 65.0 Å². The van der Waals surface area contributed by atoms with Crippen LogP contribution >= 0.6 is 0 Å². The monoisotopic (exact) mass is 316 g/mol. The van der Waals surface area contributed by atoms with Crippen molar-refractivity contribution in [1.82, 2.24) is 20.1 Å². The van der Waals surface area contributed by atoms with Gasteiger partial charge in [0.15, 0.2) is 5.82 Å². The topological polar surface area (TPSA) is 80.3 Å². The molecule has 0 bridgehead atoms. The van der Waals surface area contributed by atoms with E-state index in [9.17, 15) is 4.79 Å². The van der Waals surface area contributed by atoms with E-state index in [2.05, 4.69) is 27.0 Å². The smallest absolute Gasteiger partial charge is 0.338 e. The van der Waals surface area contributed by atoms with Crippen molar-refractivity contribution in [3.63, 3.8) is 0 Å². The Morgan fingerprint density at radius 1 is 1.35 bits per heavy atom. The molecule has 1 aromatic carbocycles. The van der Waals surface area contributed by atoms with Crippen molar-refractivity contribution in [2.45, 2.75) is 13.0 Å². The Hall–Kier alpha value is -2.25. The third-order valence-electron chi connectivity index (χ3n) is 3.93. The van der Waals surface area contributed by atoms with E-state index in [1.807, 2.05) is 12.1 Å². The molecule has 2 aromatic rings. The summed E-state index contributed by atoms with van der Waals surface area (Å²) in [4.78, 5) is 18.5. The summed E-state index contributed by atoms with van der Waals surface area (Å²) in [7, 11) is 0. The highest BCUT2D eigenvalue weighted by molar-refractivity contribution is 5.89. The summed E-state index contributed by atoms with van der Waals surface area (Å²) in [6.45, 7) is 5.67. The number of H-pyrrole nitrogens is 1. The lowest BCUT2D eigenvalue weighted by Crippen LogP contribution is -2.44. The average Bonchev–Trinajstić information content (AvgIpc) is 3.15. The summed E-state index contributed by atoms with van der Waals surface area (Å²) in [6.07, 6.45) is 1.45. The predicted octanol–water partition coefficient (Wildman–Crippen LogP) is 1.35. The molecule has 1 aliphatic heterocycles. The predicted molar refractivity (Wildman–Crippen MR) is 84.0 cm³/mol. The molecule has 1 atom stereocenters. The first-order valence-electron chi connectivity index (χ1n) is 7.69. The highest BCUT2D eigenvalue weighted by Crippen LogP contribution is 2.15. The van der Waals surface area contributed by atoms with E-state index in [0.29, 0.717) is 18.0 Å². The molecule has 122 valence electrons. The van der Waals surface area contributed by atoms with Gasteiger partial charge in [0.05, 0.1) is 18.8 Å². The molecule has 1 N–H and O–H groups in total. The van der Waals surface area contributed by atoms with E-state index >= 15 is 0 Å². The van der Waals surface area contributed by atoms with Crippen LogP contribution in [0, 0.1) is 0 Å². The molecular weight excluding hydrogens is 296 g/mol. The first-order chi connectivity index (χ1) is 11.2. The van der Waals surface area contributed by atoms with Gasteiger partial charge in [0, 0.05) is 24.7 Å². The Kier molecular flexibility index (Phi) is 4.99. The van der Waals surface area contributed by atoms with Crippen LogP contribution in [0.3, 0.4) is 0 Å². The van der Waals surface area contributed by atoms with E-state index in [-0.39, 0.29) is 12.0 Å². The van der Waals surface area contributed by atoms with Crippen LogP contribution in [0.5, 0.6) is 0 Å². The van der Waals surface area contributed by atoms with Gasteiger partial charge in [-0.15, -0.1) is 0 Å². The molecular formula is C16H20N4O3. The lowest BCUT2D eigenvalue weighted by molar-refractivity contribution is -0.00186. The number of carbonyl (C=O) groups is 1. The second-order valence-corrected chi connectivity index (χ2v) is 5.51. The molecule has 23 heavy (non-hydrogen) atoms. The van der Waals surface area contributed by atoms with Gasteiger partial charge < -0.3 is 9.47 Å². The number of aromatic amines is 1. The molecule has 7 nitrogen and oxygen atoms in total. The molecule has 0 radical (unpaired) electrons. The van der Waals surface area contributed by atoms with Crippen LogP contribution in [-0.2, 0) is 9.47 Å². The van der Waals surface area contributed by atoms with Gasteiger partial charge in [0.25, 0.3) is 0 Å². The molecule has 1 fully saturated rings. The number of morpholine rings is 1.